The minimum atomic E-state index is -3.06. The predicted molar refractivity (Wildman–Crippen MR) is 108 cm³/mol. The molecule has 3 aliphatic rings. The van der Waals surface area contributed by atoms with Gasteiger partial charge in [-0.1, -0.05) is 37.7 Å². The zero-order valence-corrected chi connectivity index (χ0v) is 17.1. The number of amides is 1. The first-order valence-electron chi connectivity index (χ1n) is 9.34. The van der Waals surface area contributed by atoms with Gasteiger partial charge in [-0.15, -0.1) is 0 Å². The van der Waals surface area contributed by atoms with Gasteiger partial charge in [0, 0.05) is 17.5 Å². The van der Waals surface area contributed by atoms with E-state index in [4.69, 9.17) is 4.74 Å². The van der Waals surface area contributed by atoms with Crippen LogP contribution in [0.15, 0.2) is 29.3 Å². The Morgan fingerprint density at radius 3 is 2.63 bits per heavy atom. The fourth-order valence-corrected chi connectivity index (χ4v) is 7.74. The van der Waals surface area contributed by atoms with Crippen molar-refractivity contribution < 1.29 is 17.9 Å². The maximum Gasteiger partial charge on any atom is 0.277 e. The SMILES string of the molecule is CC(C)c1ccc(N2C(=NC(=O)[C@H]3CCCO3)S[C@H]3CS(=O)(=O)C[C@@H]32)cc1. The van der Waals surface area contributed by atoms with Gasteiger partial charge in [-0.05, 0) is 36.5 Å². The lowest BCUT2D eigenvalue weighted by atomic mass is 10.0. The smallest absolute Gasteiger partial charge is 0.277 e. The minimum absolute atomic E-state index is 0.0872. The first kappa shape index (κ1) is 19.0. The number of hydrogen-bond acceptors (Lipinski definition) is 5. The summed E-state index contributed by atoms with van der Waals surface area (Å²) >= 11 is 1.40. The molecule has 3 atom stereocenters. The van der Waals surface area contributed by atoms with Crippen LogP contribution in [0.2, 0.25) is 0 Å². The summed E-state index contributed by atoms with van der Waals surface area (Å²) in [5, 5.41) is 0.508. The zero-order chi connectivity index (χ0) is 19.2. The van der Waals surface area contributed by atoms with E-state index in [9.17, 15) is 13.2 Å². The van der Waals surface area contributed by atoms with E-state index in [2.05, 4.69) is 31.0 Å². The van der Waals surface area contributed by atoms with E-state index in [1.807, 2.05) is 17.0 Å². The number of ether oxygens (including phenoxy) is 1. The second-order valence-electron chi connectivity index (χ2n) is 7.65. The molecule has 0 aromatic heterocycles. The lowest BCUT2D eigenvalue weighted by Gasteiger charge is -2.25. The minimum Gasteiger partial charge on any atom is -0.368 e. The summed E-state index contributed by atoms with van der Waals surface area (Å²) in [6.07, 6.45) is 1.11. The molecule has 3 fully saturated rings. The Kier molecular flexibility index (Phi) is 5.07. The van der Waals surface area contributed by atoms with Crippen molar-refractivity contribution in [1.82, 2.24) is 0 Å². The quantitative estimate of drug-likeness (QED) is 0.765. The lowest BCUT2D eigenvalue weighted by molar-refractivity contribution is -0.126. The molecule has 0 unspecified atom stereocenters. The van der Waals surface area contributed by atoms with E-state index in [0.29, 0.717) is 24.1 Å². The molecule has 27 heavy (non-hydrogen) atoms. The molecule has 0 saturated carbocycles. The molecular formula is C19H24N2O4S2. The third-order valence-electron chi connectivity index (χ3n) is 5.32. The second kappa shape index (κ2) is 7.22. The number of rotatable bonds is 3. The summed E-state index contributed by atoms with van der Waals surface area (Å²) in [5.74, 6) is 0.391. The van der Waals surface area contributed by atoms with Crippen molar-refractivity contribution in [3.63, 3.8) is 0 Å². The molecule has 0 bridgehead atoms. The largest absolute Gasteiger partial charge is 0.368 e. The van der Waals surface area contributed by atoms with Crippen molar-refractivity contribution in [2.45, 2.75) is 50.0 Å². The van der Waals surface area contributed by atoms with E-state index < -0.39 is 15.9 Å². The Morgan fingerprint density at radius 2 is 2.00 bits per heavy atom. The van der Waals surface area contributed by atoms with Gasteiger partial charge in [-0.3, -0.25) is 4.79 Å². The topological polar surface area (TPSA) is 76.0 Å². The van der Waals surface area contributed by atoms with Crippen LogP contribution in [0.4, 0.5) is 5.69 Å². The van der Waals surface area contributed by atoms with Gasteiger partial charge in [0.05, 0.1) is 17.5 Å². The molecule has 4 rings (SSSR count). The Hall–Kier alpha value is -1.38. The molecule has 1 amide bonds. The van der Waals surface area contributed by atoms with Gasteiger partial charge in [0.25, 0.3) is 5.91 Å². The number of hydrogen-bond donors (Lipinski definition) is 0. The highest BCUT2D eigenvalue weighted by Gasteiger charge is 2.49. The van der Waals surface area contributed by atoms with Crippen molar-refractivity contribution >= 4 is 38.4 Å². The summed E-state index contributed by atoms with van der Waals surface area (Å²) in [4.78, 5) is 18.8. The zero-order valence-electron chi connectivity index (χ0n) is 15.5. The number of carbonyl (C=O) groups is 1. The molecule has 146 valence electrons. The van der Waals surface area contributed by atoms with Gasteiger partial charge in [-0.25, -0.2) is 8.42 Å². The normalized spacial score (nSPS) is 31.0. The highest BCUT2D eigenvalue weighted by Crippen LogP contribution is 2.41. The second-order valence-corrected chi connectivity index (χ2v) is 11.0. The summed E-state index contributed by atoms with van der Waals surface area (Å²) < 4.78 is 29.7. The summed E-state index contributed by atoms with van der Waals surface area (Å²) in [6.45, 7) is 4.86. The third kappa shape index (κ3) is 3.79. The van der Waals surface area contributed by atoms with Crippen molar-refractivity contribution in [3.05, 3.63) is 29.8 Å². The number of benzene rings is 1. The molecule has 1 aromatic rings. The van der Waals surface area contributed by atoms with Gasteiger partial charge in [0.1, 0.15) is 6.10 Å². The Labute approximate surface area is 164 Å². The standard InChI is InChI=1S/C19H24N2O4S2/c1-12(2)13-5-7-14(8-6-13)21-15-10-27(23,24)11-17(15)26-19(21)20-18(22)16-4-3-9-25-16/h5-8,12,15-17H,3-4,9-11H2,1-2H3/t15-,16+,17-/m0/s1. The van der Waals surface area contributed by atoms with Crippen LogP contribution in [0.3, 0.4) is 0 Å². The lowest BCUT2D eigenvalue weighted by Crippen LogP contribution is -2.38. The van der Waals surface area contributed by atoms with E-state index in [0.717, 1.165) is 12.1 Å². The number of anilines is 1. The number of carbonyl (C=O) groups excluding carboxylic acids is 1. The first-order chi connectivity index (χ1) is 12.8. The van der Waals surface area contributed by atoms with Crippen molar-refractivity contribution in [1.29, 1.82) is 0 Å². The molecule has 0 spiro atoms. The van der Waals surface area contributed by atoms with E-state index >= 15 is 0 Å². The number of thioether (sulfide) groups is 1. The van der Waals surface area contributed by atoms with Gasteiger partial charge in [-0.2, -0.15) is 4.99 Å². The van der Waals surface area contributed by atoms with Crippen LogP contribution in [0.5, 0.6) is 0 Å². The molecule has 1 aromatic carbocycles. The average molecular weight is 409 g/mol. The van der Waals surface area contributed by atoms with E-state index in [1.54, 1.807) is 0 Å². The highest BCUT2D eigenvalue weighted by atomic mass is 32.2. The van der Waals surface area contributed by atoms with Crippen molar-refractivity contribution in [2.75, 3.05) is 23.0 Å². The van der Waals surface area contributed by atoms with Gasteiger partial charge < -0.3 is 9.64 Å². The summed E-state index contributed by atoms with van der Waals surface area (Å²) in [6, 6.07) is 7.92. The first-order valence-corrected chi connectivity index (χ1v) is 12.0. The van der Waals surface area contributed by atoms with Crippen LogP contribution < -0.4 is 4.90 Å². The Balaban J connectivity index is 1.66. The molecule has 3 saturated heterocycles. The van der Waals surface area contributed by atoms with E-state index in [-0.39, 0.29) is 28.7 Å². The third-order valence-corrected chi connectivity index (χ3v) is 8.53. The van der Waals surface area contributed by atoms with Gasteiger partial charge >= 0.3 is 0 Å². The van der Waals surface area contributed by atoms with Crippen molar-refractivity contribution in [2.24, 2.45) is 4.99 Å². The molecule has 3 heterocycles. The van der Waals surface area contributed by atoms with Crippen LogP contribution in [0.1, 0.15) is 38.2 Å². The fraction of sp³-hybridized carbons (Fsp3) is 0.579. The molecular weight excluding hydrogens is 384 g/mol. The predicted octanol–water partition coefficient (Wildman–Crippen LogP) is 2.59. The monoisotopic (exact) mass is 408 g/mol. The number of amidine groups is 1. The number of aliphatic imine (C=N–C) groups is 1. The molecule has 0 aliphatic carbocycles. The van der Waals surface area contributed by atoms with Crippen LogP contribution in [-0.4, -0.2) is 55.0 Å². The number of fused-ring (bicyclic) bond motifs is 1. The van der Waals surface area contributed by atoms with Gasteiger partial charge in [0.15, 0.2) is 15.0 Å². The Bertz CT molecular complexity index is 858. The number of nitrogens with zero attached hydrogens (tertiary/aromatic N) is 2. The molecule has 3 aliphatic heterocycles. The molecule has 6 nitrogen and oxygen atoms in total. The highest BCUT2D eigenvalue weighted by molar-refractivity contribution is 8.16. The average Bonchev–Trinajstić information content (AvgIpc) is 3.29. The fourth-order valence-electron chi connectivity index (χ4n) is 3.82. The van der Waals surface area contributed by atoms with Crippen LogP contribution in [-0.2, 0) is 19.4 Å². The molecule has 0 radical (unpaired) electrons. The molecule has 8 heteroatoms. The van der Waals surface area contributed by atoms with Crippen molar-refractivity contribution in [3.8, 4) is 0 Å². The molecule has 0 N–H and O–H groups in total. The maximum atomic E-state index is 12.5. The van der Waals surface area contributed by atoms with Crippen LogP contribution in [0, 0.1) is 0 Å². The van der Waals surface area contributed by atoms with E-state index in [1.165, 1.54) is 17.3 Å². The van der Waals surface area contributed by atoms with Crippen LogP contribution >= 0.6 is 11.8 Å². The summed E-state index contributed by atoms with van der Waals surface area (Å²) in [5.41, 5.74) is 2.10. The Morgan fingerprint density at radius 1 is 1.26 bits per heavy atom. The summed E-state index contributed by atoms with van der Waals surface area (Å²) in [7, 11) is -3.06. The van der Waals surface area contributed by atoms with Crippen LogP contribution in [0.25, 0.3) is 0 Å². The maximum absolute atomic E-state index is 12.5. The van der Waals surface area contributed by atoms with Gasteiger partial charge in [0.2, 0.25) is 0 Å². The number of sulfone groups is 1.